The van der Waals surface area contributed by atoms with Gasteiger partial charge in [-0.3, -0.25) is 9.13 Å². The van der Waals surface area contributed by atoms with Crippen molar-refractivity contribution in [2.75, 3.05) is 0 Å². The Morgan fingerprint density at radius 3 is 1.81 bits per heavy atom. The fourth-order valence-electron chi connectivity index (χ4n) is 2.92. The minimum atomic E-state index is -1.16. The molecule has 3 rings (SSSR count). The second kappa shape index (κ2) is 7.40. The van der Waals surface area contributed by atoms with Crippen molar-refractivity contribution in [1.82, 2.24) is 9.13 Å². The lowest BCUT2D eigenvalue weighted by atomic mass is 10.2. The van der Waals surface area contributed by atoms with Crippen molar-refractivity contribution in [3.63, 3.8) is 0 Å². The van der Waals surface area contributed by atoms with E-state index < -0.39 is 11.7 Å². The topological polar surface area (TPSA) is 64.2 Å². The van der Waals surface area contributed by atoms with E-state index in [1.165, 1.54) is 9.13 Å². The Labute approximate surface area is 160 Å². The molecule has 3 aromatic rings. The number of carbonyl (C=O) groups is 1. The van der Waals surface area contributed by atoms with Gasteiger partial charge in [-0.1, -0.05) is 36.5 Å². The zero-order valence-electron chi connectivity index (χ0n) is 13.9. The highest BCUT2D eigenvalue weighted by atomic mass is 35.5. The van der Waals surface area contributed by atoms with Crippen LogP contribution in [0.15, 0.2) is 53.3 Å². The molecule has 1 heterocycles. The van der Waals surface area contributed by atoms with Gasteiger partial charge < -0.3 is 5.11 Å². The number of rotatable bonds is 5. The van der Waals surface area contributed by atoms with Crippen LogP contribution in [0.25, 0.3) is 11.4 Å². The molecule has 0 aliphatic rings. The second-order valence-electron chi connectivity index (χ2n) is 5.76. The molecule has 0 aliphatic carbocycles. The third kappa shape index (κ3) is 3.28. The average Bonchev–Trinajstić information content (AvgIpc) is 2.89. The molecular formula is C19H16Cl2N2O3. The summed E-state index contributed by atoms with van der Waals surface area (Å²) in [7, 11) is 0. The van der Waals surface area contributed by atoms with Crippen LogP contribution in [0, 0.1) is 0 Å². The van der Waals surface area contributed by atoms with Crippen molar-refractivity contribution >= 4 is 29.2 Å². The molecule has 0 radical (unpaired) electrons. The van der Waals surface area contributed by atoms with Gasteiger partial charge in [0.05, 0.1) is 17.1 Å². The molecule has 0 amide bonds. The van der Waals surface area contributed by atoms with Crippen LogP contribution in [0.3, 0.4) is 0 Å². The van der Waals surface area contributed by atoms with Crippen molar-refractivity contribution in [1.29, 1.82) is 0 Å². The zero-order chi connectivity index (χ0) is 18.8. The van der Waals surface area contributed by atoms with E-state index in [-0.39, 0.29) is 5.69 Å². The summed E-state index contributed by atoms with van der Waals surface area (Å²) in [5.41, 5.74) is 0.965. The first-order valence-electron chi connectivity index (χ1n) is 8.05. The van der Waals surface area contributed by atoms with Crippen LogP contribution in [0.4, 0.5) is 0 Å². The number of benzene rings is 2. The monoisotopic (exact) mass is 390 g/mol. The van der Waals surface area contributed by atoms with Gasteiger partial charge in [-0.2, -0.15) is 0 Å². The number of hydrogen-bond acceptors (Lipinski definition) is 2. The molecule has 0 atom stereocenters. The van der Waals surface area contributed by atoms with E-state index in [0.717, 1.165) is 0 Å². The van der Waals surface area contributed by atoms with Crippen molar-refractivity contribution in [3.05, 3.63) is 80.4 Å². The summed E-state index contributed by atoms with van der Waals surface area (Å²) >= 11 is 11.9. The predicted molar refractivity (Wildman–Crippen MR) is 102 cm³/mol. The SMILES string of the molecule is CCCc1c(C(=O)O)n(-c2ccc(Cl)cc2)c(=O)n1-c1ccc(Cl)cc1. The summed E-state index contributed by atoms with van der Waals surface area (Å²) in [6.07, 6.45) is 1.14. The molecular weight excluding hydrogens is 375 g/mol. The fourth-order valence-corrected chi connectivity index (χ4v) is 3.17. The molecule has 1 aromatic heterocycles. The minimum Gasteiger partial charge on any atom is -0.477 e. The third-order valence-corrected chi connectivity index (χ3v) is 4.51. The molecule has 0 saturated heterocycles. The van der Waals surface area contributed by atoms with Gasteiger partial charge in [0.15, 0.2) is 5.69 Å². The molecule has 0 spiro atoms. The molecule has 0 bridgehead atoms. The maximum Gasteiger partial charge on any atom is 0.354 e. The lowest BCUT2D eigenvalue weighted by molar-refractivity contribution is 0.0686. The van der Waals surface area contributed by atoms with Crippen LogP contribution in [0.5, 0.6) is 0 Å². The lowest BCUT2D eigenvalue weighted by Crippen LogP contribution is -2.24. The lowest BCUT2D eigenvalue weighted by Gasteiger charge is -2.07. The van der Waals surface area contributed by atoms with Crippen molar-refractivity contribution in [3.8, 4) is 11.4 Å². The van der Waals surface area contributed by atoms with E-state index in [0.29, 0.717) is 40.0 Å². The Bertz CT molecular complexity index is 1000. The first-order chi connectivity index (χ1) is 12.4. The Balaban J connectivity index is 2.36. The first-order valence-corrected chi connectivity index (χ1v) is 8.81. The van der Waals surface area contributed by atoms with E-state index in [9.17, 15) is 14.7 Å². The number of imidazole rings is 1. The molecule has 5 nitrogen and oxygen atoms in total. The van der Waals surface area contributed by atoms with Crippen molar-refractivity contribution < 1.29 is 9.90 Å². The number of carboxylic acid groups (broad SMARTS) is 1. The van der Waals surface area contributed by atoms with Gasteiger partial charge in [0, 0.05) is 10.0 Å². The standard InChI is InChI=1S/C19H16Cl2N2O3/c1-2-3-16-17(18(24)25)23(15-10-6-13(21)7-11-15)19(26)22(16)14-8-4-12(20)5-9-14/h4-11H,2-3H2,1H3,(H,24,25). The Morgan fingerprint density at radius 2 is 1.38 bits per heavy atom. The molecule has 2 aromatic carbocycles. The Kier molecular flexibility index (Phi) is 5.20. The van der Waals surface area contributed by atoms with Gasteiger partial charge in [-0.05, 0) is 55.0 Å². The van der Waals surface area contributed by atoms with Crippen LogP contribution in [-0.2, 0) is 6.42 Å². The molecule has 7 heteroatoms. The summed E-state index contributed by atoms with van der Waals surface area (Å²) in [5, 5.41) is 10.8. The van der Waals surface area contributed by atoms with Gasteiger partial charge in [-0.25, -0.2) is 9.59 Å². The summed E-state index contributed by atoms with van der Waals surface area (Å²) < 4.78 is 2.64. The van der Waals surface area contributed by atoms with Gasteiger partial charge in [-0.15, -0.1) is 0 Å². The van der Waals surface area contributed by atoms with Crippen LogP contribution < -0.4 is 5.69 Å². The smallest absolute Gasteiger partial charge is 0.354 e. The van der Waals surface area contributed by atoms with Gasteiger partial charge in [0.25, 0.3) is 0 Å². The van der Waals surface area contributed by atoms with Gasteiger partial charge in [0.1, 0.15) is 0 Å². The number of aromatic nitrogens is 2. The number of nitrogens with zero attached hydrogens (tertiary/aromatic N) is 2. The number of aromatic carboxylic acids is 1. The minimum absolute atomic E-state index is 0.0471. The highest BCUT2D eigenvalue weighted by Gasteiger charge is 2.26. The largest absolute Gasteiger partial charge is 0.477 e. The molecule has 0 saturated carbocycles. The summed E-state index contributed by atoms with van der Waals surface area (Å²) in [6.45, 7) is 1.93. The average molecular weight is 391 g/mol. The highest BCUT2D eigenvalue weighted by molar-refractivity contribution is 6.30. The maximum atomic E-state index is 13.2. The molecule has 26 heavy (non-hydrogen) atoms. The van der Waals surface area contributed by atoms with Crippen LogP contribution >= 0.6 is 23.2 Å². The Hall–Kier alpha value is -2.50. The summed E-state index contributed by atoms with van der Waals surface area (Å²) in [5.74, 6) is -1.16. The normalized spacial score (nSPS) is 10.9. The second-order valence-corrected chi connectivity index (χ2v) is 6.63. The first kappa shape index (κ1) is 18.3. The Morgan fingerprint density at radius 1 is 0.923 bits per heavy atom. The van der Waals surface area contributed by atoms with E-state index in [2.05, 4.69) is 0 Å². The quantitative estimate of drug-likeness (QED) is 0.692. The van der Waals surface area contributed by atoms with Gasteiger partial charge >= 0.3 is 11.7 Å². The molecule has 0 aliphatic heterocycles. The van der Waals surface area contributed by atoms with E-state index in [4.69, 9.17) is 23.2 Å². The van der Waals surface area contributed by atoms with Crippen LogP contribution in [0.1, 0.15) is 29.5 Å². The molecule has 134 valence electrons. The van der Waals surface area contributed by atoms with Crippen LogP contribution in [0.2, 0.25) is 10.0 Å². The number of carboxylic acids is 1. The van der Waals surface area contributed by atoms with Crippen molar-refractivity contribution in [2.24, 2.45) is 0 Å². The third-order valence-electron chi connectivity index (χ3n) is 4.01. The van der Waals surface area contributed by atoms with E-state index in [1.807, 2.05) is 6.92 Å². The molecule has 1 N–H and O–H groups in total. The summed E-state index contributed by atoms with van der Waals surface area (Å²) in [4.78, 5) is 25.1. The van der Waals surface area contributed by atoms with E-state index >= 15 is 0 Å². The highest BCUT2D eigenvalue weighted by Crippen LogP contribution is 2.22. The number of halogens is 2. The van der Waals surface area contributed by atoms with Gasteiger partial charge in [0.2, 0.25) is 0 Å². The van der Waals surface area contributed by atoms with Crippen LogP contribution in [-0.4, -0.2) is 20.2 Å². The van der Waals surface area contributed by atoms with Crippen molar-refractivity contribution in [2.45, 2.75) is 19.8 Å². The predicted octanol–water partition coefficient (Wildman–Crippen LogP) is 4.59. The molecule has 0 fully saturated rings. The summed E-state index contributed by atoms with van der Waals surface area (Å²) in [6, 6.07) is 13.2. The zero-order valence-corrected chi connectivity index (χ0v) is 15.5. The van der Waals surface area contributed by atoms with E-state index in [1.54, 1.807) is 48.5 Å². The number of hydrogen-bond donors (Lipinski definition) is 1. The fraction of sp³-hybridized carbons (Fsp3) is 0.158. The maximum absolute atomic E-state index is 13.2. The molecule has 0 unspecified atom stereocenters.